The Balaban J connectivity index is 2.69. The normalized spacial score (nSPS) is 12.5. The number of aryl methyl sites for hydroxylation is 1. The third-order valence-corrected chi connectivity index (χ3v) is 3.08. The van der Waals surface area contributed by atoms with Gasteiger partial charge in [0.15, 0.2) is 0 Å². The van der Waals surface area contributed by atoms with Crippen LogP contribution in [0.1, 0.15) is 26.3 Å². The van der Waals surface area contributed by atoms with Crippen molar-refractivity contribution in [3.8, 4) is 0 Å². The molecule has 0 radical (unpaired) electrons. The van der Waals surface area contributed by atoms with Crippen molar-refractivity contribution >= 4 is 11.5 Å². The van der Waals surface area contributed by atoms with Gasteiger partial charge in [0.25, 0.3) is 5.69 Å². The molecule has 0 saturated carbocycles. The van der Waals surface area contributed by atoms with Gasteiger partial charge in [-0.25, -0.2) is 4.98 Å². The zero-order valence-electron chi connectivity index (χ0n) is 12.0. The number of nitrogens with zero attached hydrogens (tertiary/aromatic N) is 3. The van der Waals surface area contributed by atoms with E-state index in [9.17, 15) is 10.1 Å². The van der Waals surface area contributed by atoms with Gasteiger partial charge in [-0.05, 0) is 32.5 Å². The van der Waals surface area contributed by atoms with E-state index in [1.807, 2.05) is 6.92 Å². The van der Waals surface area contributed by atoms with Crippen molar-refractivity contribution in [2.24, 2.45) is 0 Å². The van der Waals surface area contributed by atoms with Crippen LogP contribution >= 0.6 is 0 Å². The Morgan fingerprint density at radius 2 is 2.11 bits per heavy atom. The Bertz CT molecular complexity index is 433. The van der Waals surface area contributed by atoms with Gasteiger partial charge in [-0.15, -0.1) is 0 Å². The van der Waals surface area contributed by atoms with Gasteiger partial charge in [0, 0.05) is 18.7 Å². The highest BCUT2D eigenvalue weighted by Gasteiger charge is 2.12. The molecule has 106 valence electrons. The Labute approximate surface area is 114 Å². The second-order valence-electron chi connectivity index (χ2n) is 4.65. The van der Waals surface area contributed by atoms with Gasteiger partial charge < -0.3 is 10.2 Å². The highest BCUT2D eigenvalue weighted by Crippen LogP contribution is 2.18. The predicted molar refractivity (Wildman–Crippen MR) is 76.5 cm³/mol. The molecule has 1 aromatic heterocycles. The van der Waals surface area contributed by atoms with Crippen molar-refractivity contribution in [3.05, 3.63) is 27.9 Å². The van der Waals surface area contributed by atoms with Crippen LogP contribution in [0.5, 0.6) is 0 Å². The van der Waals surface area contributed by atoms with E-state index < -0.39 is 4.92 Å². The van der Waals surface area contributed by atoms with Crippen LogP contribution < -0.4 is 5.32 Å². The smallest absolute Gasteiger partial charge is 0.287 e. The molecule has 0 saturated heterocycles. The fourth-order valence-electron chi connectivity index (χ4n) is 1.96. The largest absolute Gasteiger partial charge is 0.366 e. The number of hydrogen-bond donors (Lipinski definition) is 1. The van der Waals surface area contributed by atoms with E-state index in [-0.39, 0.29) is 11.7 Å². The summed E-state index contributed by atoms with van der Waals surface area (Å²) in [4.78, 5) is 16.7. The first-order valence-electron chi connectivity index (χ1n) is 6.57. The first-order chi connectivity index (χ1) is 8.97. The second kappa shape index (κ2) is 7.04. The number of nitro groups is 1. The van der Waals surface area contributed by atoms with E-state index in [0.29, 0.717) is 5.82 Å². The number of nitrogens with one attached hydrogen (secondary N) is 1. The first kappa shape index (κ1) is 15.4. The molecule has 1 N–H and O–H groups in total. The Kier molecular flexibility index (Phi) is 5.69. The van der Waals surface area contributed by atoms with Gasteiger partial charge in [-0.2, -0.15) is 0 Å². The molecule has 0 spiro atoms. The van der Waals surface area contributed by atoms with Crippen LogP contribution in [-0.4, -0.2) is 40.5 Å². The van der Waals surface area contributed by atoms with Crippen LogP contribution in [0.25, 0.3) is 0 Å². The molecule has 1 atom stereocenters. The zero-order valence-corrected chi connectivity index (χ0v) is 12.0. The van der Waals surface area contributed by atoms with Gasteiger partial charge in [-0.3, -0.25) is 10.1 Å². The number of anilines is 1. The standard InChI is InChI=1S/C13H22N4O2/c1-5-16(6-2)9-11(4)15-13-10(3)7-12(8-14-13)17(18)19/h7-8,11H,5-6,9H2,1-4H3,(H,14,15). The highest BCUT2D eigenvalue weighted by molar-refractivity contribution is 5.48. The molecular weight excluding hydrogens is 244 g/mol. The summed E-state index contributed by atoms with van der Waals surface area (Å²) < 4.78 is 0. The number of hydrogen-bond acceptors (Lipinski definition) is 5. The summed E-state index contributed by atoms with van der Waals surface area (Å²) in [6.07, 6.45) is 1.29. The molecule has 1 aromatic rings. The van der Waals surface area contributed by atoms with Crippen molar-refractivity contribution in [1.29, 1.82) is 0 Å². The third-order valence-electron chi connectivity index (χ3n) is 3.08. The zero-order chi connectivity index (χ0) is 14.4. The SMILES string of the molecule is CCN(CC)CC(C)Nc1ncc([N+](=O)[O-])cc1C. The molecule has 0 aromatic carbocycles. The molecule has 0 fully saturated rings. The third kappa shape index (κ3) is 4.48. The maximum Gasteiger partial charge on any atom is 0.287 e. The van der Waals surface area contributed by atoms with Crippen LogP contribution in [-0.2, 0) is 0 Å². The summed E-state index contributed by atoms with van der Waals surface area (Å²) in [5.41, 5.74) is 0.819. The lowest BCUT2D eigenvalue weighted by atomic mass is 10.2. The van der Waals surface area contributed by atoms with E-state index in [1.54, 1.807) is 6.07 Å². The van der Waals surface area contributed by atoms with E-state index in [1.165, 1.54) is 6.20 Å². The summed E-state index contributed by atoms with van der Waals surface area (Å²) in [5.74, 6) is 0.713. The molecule has 0 bridgehead atoms. The predicted octanol–water partition coefficient (Wildman–Crippen LogP) is 2.44. The Morgan fingerprint density at radius 3 is 2.58 bits per heavy atom. The summed E-state index contributed by atoms with van der Waals surface area (Å²) in [6.45, 7) is 11.1. The number of aromatic nitrogens is 1. The number of likely N-dealkylation sites (N-methyl/N-ethyl adjacent to an activating group) is 1. The summed E-state index contributed by atoms with van der Waals surface area (Å²) in [5, 5.41) is 13.9. The van der Waals surface area contributed by atoms with Crippen molar-refractivity contribution in [3.63, 3.8) is 0 Å². The topological polar surface area (TPSA) is 71.3 Å². The molecule has 6 nitrogen and oxygen atoms in total. The van der Waals surface area contributed by atoms with E-state index in [0.717, 1.165) is 25.2 Å². The number of pyridine rings is 1. The van der Waals surface area contributed by atoms with E-state index in [2.05, 4.69) is 36.0 Å². The fourth-order valence-corrected chi connectivity index (χ4v) is 1.96. The molecule has 0 amide bonds. The van der Waals surface area contributed by atoms with Crippen LogP contribution in [0, 0.1) is 17.0 Å². The summed E-state index contributed by atoms with van der Waals surface area (Å²) in [6, 6.07) is 1.78. The van der Waals surface area contributed by atoms with Crippen molar-refractivity contribution in [1.82, 2.24) is 9.88 Å². The maximum absolute atomic E-state index is 10.6. The van der Waals surface area contributed by atoms with Crippen LogP contribution in [0.4, 0.5) is 11.5 Å². The molecule has 0 aliphatic rings. The van der Waals surface area contributed by atoms with Crippen molar-refractivity contribution < 1.29 is 4.92 Å². The van der Waals surface area contributed by atoms with Gasteiger partial charge in [0.1, 0.15) is 12.0 Å². The molecule has 6 heteroatoms. The molecule has 1 unspecified atom stereocenters. The fraction of sp³-hybridized carbons (Fsp3) is 0.615. The Hall–Kier alpha value is -1.69. The Morgan fingerprint density at radius 1 is 1.47 bits per heavy atom. The van der Waals surface area contributed by atoms with Crippen molar-refractivity contribution in [2.45, 2.75) is 33.7 Å². The lowest BCUT2D eigenvalue weighted by Gasteiger charge is -2.24. The molecule has 1 rings (SSSR count). The monoisotopic (exact) mass is 266 g/mol. The average molecular weight is 266 g/mol. The van der Waals surface area contributed by atoms with Crippen molar-refractivity contribution in [2.75, 3.05) is 25.0 Å². The summed E-state index contributed by atoms with van der Waals surface area (Å²) in [7, 11) is 0. The van der Waals surface area contributed by atoms with E-state index >= 15 is 0 Å². The maximum atomic E-state index is 10.6. The molecule has 0 aliphatic heterocycles. The van der Waals surface area contributed by atoms with E-state index in [4.69, 9.17) is 0 Å². The van der Waals surface area contributed by atoms with Gasteiger partial charge in [0.05, 0.1) is 4.92 Å². The number of rotatable bonds is 7. The van der Waals surface area contributed by atoms with Crippen LogP contribution in [0.2, 0.25) is 0 Å². The van der Waals surface area contributed by atoms with Gasteiger partial charge >= 0.3 is 0 Å². The minimum atomic E-state index is -0.427. The lowest BCUT2D eigenvalue weighted by molar-refractivity contribution is -0.385. The summed E-state index contributed by atoms with van der Waals surface area (Å²) >= 11 is 0. The first-order valence-corrected chi connectivity index (χ1v) is 6.57. The highest BCUT2D eigenvalue weighted by atomic mass is 16.6. The van der Waals surface area contributed by atoms with Gasteiger partial charge in [-0.1, -0.05) is 13.8 Å². The molecular formula is C13H22N4O2. The molecule has 0 aliphatic carbocycles. The van der Waals surface area contributed by atoms with Crippen LogP contribution in [0.15, 0.2) is 12.3 Å². The second-order valence-corrected chi connectivity index (χ2v) is 4.65. The lowest BCUT2D eigenvalue weighted by Crippen LogP contribution is -2.35. The molecule has 1 heterocycles. The quantitative estimate of drug-likeness (QED) is 0.606. The van der Waals surface area contributed by atoms with Crippen LogP contribution in [0.3, 0.4) is 0 Å². The average Bonchev–Trinajstić information content (AvgIpc) is 2.38. The molecule has 19 heavy (non-hydrogen) atoms. The van der Waals surface area contributed by atoms with Gasteiger partial charge in [0.2, 0.25) is 0 Å². The minimum Gasteiger partial charge on any atom is -0.366 e. The minimum absolute atomic E-state index is 0.0273.